The molecular weight excluding hydrogens is 388 g/mol. The molecule has 2 aliphatic rings. The predicted molar refractivity (Wildman–Crippen MR) is 108 cm³/mol. The first-order chi connectivity index (χ1) is 14.4. The van der Waals surface area contributed by atoms with Crippen molar-refractivity contribution in [1.82, 2.24) is 20.2 Å². The molecule has 9 heteroatoms. The largest absolute Gasteiger partial charge is 0.449 e. The fourth-order valence-corrected chi connectivity index (χ4v) is 4.00. The average Bonchev–Trinajstić information content (AvgIpc) is 3.39. The third-order valence-electron chi connectivity index (χ3n) is 5.63. The number of imide groups is 1. The summed E-state index contributed by atoms with van der Waals surface area (Å²) < 4.78 is 6.85. The van der Waals surface area contributed by atoms with E-state index < -0.39 is 24.0 Å². The molecule has 0 unspecified atom stereocenters. The van der Waals surface area contributed by atoms with E-state index in [9.17, 15) is 19.2 Å². The Morgan fingerprint density at radius 1 is 1.20 bits per heavy atom. The number of hydrogen-bond acceptors (Lipinski definition) is 6. The van der Waals surface area contributed by atoms with Crippen LogP contribution in [0.15, 0.2) is 23.0 Å². The van der Waals surface area contributed by atoms with Gasteiger partial charge in [-0.3, -0.25) is 19.5 Å². The molecule has 4 rings (SSSR count). The van der Waals surface area contributed by atoms with Crippen LogP contribution in [0.1, 0.15) is 55.2 Å². The maximum atomic E-state index is 12.5. The number of rotatable bonds is 4. The summed E-state index contributed by atoms with van der Waals surface area (Å²) in [6.07, 6.45) is 4.35. The summed E-state index contributed by atoms with van der Waals surface area (Å²) in [5, 5.41) is 5.39. The van der Waals surface area contributed by atoms with Crippen molar-refractivity contribution < 1.29 is 19.1 Å². The van der Waals surface area contributed by atoms with Gasteiger partial charge in [0, 0.05) is 19.0 Å². The van der Waals surface area contributed by atoms with Crippen LogP contribution < -0.4 is 16.2 Å². The molecule has 0 radical (unpaired) electrons. The minimum Gasteiger partial charge on any atom is -0.449 e. The van der Waals surface area contributed by atoms with E-state index in [2.05, 4.69) is 15.6 Å². The lowest BCUT2D eigenvalue weighted by Gasteiger charge is -2.15. The van der Waals surface area contributed by atoms with Crippen LogP contribution in [-0.2, 0) is 22.5 Å². The lowest BCUT2D eigenvalue weighted by molar-refractivity contribution is -0.127. The van der Waals surface area contributed by atoms with Crippen molar-refractivity contribution in [3.63, 3.8) is 0 Å². The molecular formula is C21H24N4O5. The normalized spacial score (nSPS) is 16.8. The number of carbonyl (C=O) groups is 3. The van der Waals surface area contributed by atoms with Gasteiger partial charge < -0.3 is 10.1 Å². The van der Waals surface area contributed by atoms with Gasteiger partial charge in [-0.05, 0) is 44.4 Å². The molecule has 2 heterocycles. The van der Waals surface area contributed by atoms with Crippen LogP contribution in [-0.4, -0.2) is 39.6 Å². The number of nitrogens with one attached hydrogen (secondary N) is 2. The molecule has 1 aromatic carbocycles. The van der Waals surface area contributed by atoms with Crippen LogP contribution in [0, 0.1) is 0 Å². The highest BCUT2D eigenvalue weighted by atomic mass is 16.5. The van der Waals surface area contributed by atoms with E-state index in [1.807, 2.05) is 0 Å². The Morgan fingerprint density at radius 3 is 2.73 bits per heavy atom. The zero-order valence-corrected chi connectivity index (χ0v) is 16.8. The number of aromatic nitrogens is 2. The second kappa shape index (κ2) is 8.25. The molecule has 1 aliphatic carbocycles. The highest BCUT2D eigenvalue weighted by Gasteiger charge is 2.24. The van der Waals surface area contributed by atoms with Crippen LogP contribution in [0.4, 0.5) is 4.79 Å². The Bertz CT molecular complexity index is 1070. The summed E-state index contributed by atoms with van der Waals surface area (Å²) in [5.74, 6) is -0.717. The summed E-state index contributed by atoms with van der Waals surface area (Å²) in [6.45, 7) is 2.05. The summed E-state index contributed by atoms with van der Waals surface area (Å²) >= 11 is 0. The van der Waals surface area contributed by atoms with E-state index in [1.165, 1.54) is 19.1 Å². The molecule has 1 aliphatic heterocycles. The van der Waals surface area contributed by atoms with Gasteiger partial charge in [0.05, 0.1) is 16.5 Å². The van der Waals surface area contributed by atoms with Gasteiger partial charge in [0.15, 0.2) is 6.10 Å². The molecule has 2 N–H and O–H groups in total. The number of urea groups is 1. The van der Waals surface area contributed by atoms with Crippen molar-refractivity contribution in [2.45, 2.75) is 64.1 Å². The van der Waals surface area contributed by atoms with Crippen LogP contribution in [0.25, 0.3) is 10.9 Å². The van der Waals surface area contributed by atoms with Crippen molar-refractivity contribution in [2.24, 2.45) is 0 Å². The molecule has 1 atom stereocenters. The van der Waals surface area contributed by atoms with Gasteiger partial charge in [0.25, 0.3) is 11.5 Å². The number of carbonyl (C=O) groups excluding carboxylic acids is 3. The smallest absolute Gasteiger partial charge is 0.338 e. The van der Waals surface area contributed by atoms with Crippen LogP contribution in [0.5, 0.6) is 0 Å². The maximum absolute atomic E-state index is 12.5. The molecule has 0 bridgehead atoms. The monoisotopic (exact) mass is 412 g/mol. The number of benzene rings is 1. The van der Waals surface area contributed by atoms with Crippen LogP contribution in [0.3, 0.4) is 0 Å². The topological polar surface area (TPSA) is 119 Å². The van der Waals surface area contributed by atoms with Gasteiger partial charge in [0.2, 0.25) is 0 Å². The third-order valence-corrected chi connectivity index (χ3v) is 5.63. The van der Waals surface area contributed by atoms with Gasteiger partial charge in [-0.1, -0.05) is 12.8 Å². The molecule has 9 nitrogen and oxygen atoms in total. The number of hydrogen-bond donors (Lipinski definition) is 2. The van der Waals surface area contributed by atoms with E-state index in [0.717, 1.165) is 38.5 Å². The standard InChI is InChI=1S/C21H24N4O5/c1-12(18(26)24-21(29)22-14-5-2-3-6-14)30-20(28)13-8-9-15-16(11-13)23-17-7-4-10-25(17)19(15)27/h8-9,11-12,14H,2-7,10H2,1H3,(H2,22,24,26,29)/t12-/m1/s1. The van der Waals surface area contributed by atoms with Crippen molar-refractivity contribution in [1.29, 1.82) is 0 Å². The van der Waals surface area contributed by atoms with E-state index >= 15 is 0 Å². The van der Waals surface area contributed by atoms with Gasteiger partial charge in [-0.15, -0.1) is 0 Å². The number of ether oxygens (including phenoxy) is 1. The van der Waals surface area contributed by atoms with E-state index in [-0.39, 0.29) is 17.2 Å². The first-order valence-electron chi connectivity index (χ1n) is 10.3. The minimum atomic E-state index is -1.15. The molecule has 158 valence electrons. The molecule has 0 saturated heterocycles. The number of fused-ring (bicyclic) bond motifs is 2. The number of esters is 1. The Kier molecular flexibility index (Phi) is 5.52. The molecule has 0 spiro atoms. The number of nitrogens with zero attached hydrogens (tertiary/aromatic N) is 2. The average molecular weight is 412 g/mol. The molecule has 2 aromatic rings. The Morgan fingerprint density at radius 2 is 1.97 bits per heavy atom. The van der Waals surface area contributed by atoms with Crippen molar-refractivity contribution in [3.8, 4) is 0 Å². The quantitative estimate of drug-likeness (QED) is 0.737. The lowest BCUT2D eigenvalue weighted by atomic mass is 10.1. The summed E-state index contributed by atoms with van der Waals surface area (Å²) in [4.78, 5) is 53.6. The number of aryl methyl sites for hydroxylation is 1. The Hall–Kier alpha value is -3.23. The molecule has 3 amide bonds. The van der Waals surface area contributed by atoms with Crippen molar-refractivity contribution >= 4 is 28.8 Å². The molecule has 1 saturated carbocycles. The zero-order chi connectivity index (χ0) is 21.3. The number of amides is 3. The first kappa shape index (κ1) is 20.1. The second-order valence-corrected chi connectivity index (χ2v) is 7.81. The van der Waals surface area contributed by atoms with Crippen LogP contribution in [0.2, 0.25) is 0 Å². The fraction of sp³-hybridized carbons (Fsp3) is 0.476. The SMILES string of the molecule is C[C@@H](OC(=O)c1ccc2c(=O)n3c(nc2c1)CCC3)C(=O)NC(=O)NC1CCCC1. The van der Waals surface area contributed by atoms with E-state index in [0.29, 0.717) is 23.3 Å². The minimum absolute atomic E-state index is 0.0753. The summed E-state index contributed by atoms with van der Waals surface area (Å²) in [5.41, 5.74) is 0.497. The molecule has 1 fully saturated rings. The highest BCUT2D eigenvalue weighted by molar-refractivity contribution is 5.99. The van der Waals surface area contributed by atoms with Gasteiger partial charge in [0.1, 0.15) is 5.82 Å². The van der Waals surface area contributed by atoms with E-state index in [1.54, 1.807) is 10.6 Å². The Labute approximate surface area is 172 Å². The van der Waals surface area contributed by atoms with Crippen LogP contribution >= 0.6 is 0 Å². The maximum Gasteiger partial charge on any atom is 0.338 e. The second-order valence-electron chi connectivity index (χ2n) is 7.81. The van der Waals surface area contributed by atoms with Crippen molar-refractivity contribution in [3.05, 3.63) is 39.9 Å². The third kappa shape index (κ3) is 4.05. The van der Waals surface area contributed by atoms with Crippen molar-refractivity contribution in [2.75, 3.05) is 0 Å². The lowest BCUT2D eigenvalue weighted by Crippen LogP contribution is -2.47. The van der Waals surface area contributed by atoms with Gasteiger partial charge in [-0.25, -0.2) is 14.6 Å². The summed E-state index contributed by atoms with van der Waals surface area (Å²) in [6, 6.07) is 4.01. The first-order valence-corrected chi connectivity index (χ1v) is 10.3. The fourth-order valence-electron chi connectivity index (χ4n) is 4.00. The van der Waals surface area contributed by atoms with Gasteiger partial charge >= 0.3 is 12.0 Å². The highest BCUT2D eigenvalue weighted by Crippen LogP contribution is 2.18. The summed E-state index contributed by atoms with van der Waals surface area (Å²) in [7, 11) is 0. The predicted octanol–water partition coefficient (Wildman–Crippen LogP) is 1.66. The molecule has 1 aromatic heterocycles. The molecule has 30 heavy (non-hydrogen) atoms. The zero-order valence-electron chi connectivity index (χ0n) is 16.8. The Balaban J connectivity index is 1.40. The van der Waals surface area contributed by atoms with Gasteiger partial charge in [-0.2, -0.15) is 0 Å². The van der Waals surface area contributed by atoms with E-state index in [4.69, 9.17) is 4.74 Å².